The monoisotopic (exact) mass is 1040 g/mol. The van der Waals surface area contributed by atoms with E-state index >= 15 is 0 Å². The van der Waals surface area contributed by atoms with Crippen molar-refractivity contribution in [3.05, 3.63) is 65.2 Å². The number of anilines is 1. The molecule has 2 amide bonds. The quantitative estimate of drug-likeness (QED) is 0.0322. The predicted octanol–water partition coefficient (Wildman–Crippen LogP) is 8.43. The van der Waals surface area contributed by atoms with Gasteiger partial charge in [0.2, 0.25) is 17.6 Å². The molecule has 0 N–H and O–H groups in total. The van der Waals surface area contributed by atoms with Crippen molar-refractivity contribution in [3.8, 4) is 0 Å². The summed E-state index contributed by atoms with van der Waals surface area (Å²) < 4.78 is 32.4. The zero-order valence-corrected chi connectivity index (χ0v) is 44.5. The number of aliphatic imine (C=N–C) groups is 1. The van der Waals surface area contributed by atoms with Gasteiger partial charge in [-0.25, -0.2) is 9.89 Å². The Bertz CT molecular complexity index is 2270. The minimum Gasteiger partial charge on any atom is -0.487 e. The number of imide groups is 1. The van der Waals surface area contributed by atoms with Crippen LogP contribution >= 0.6 is 27.7 Å². The first-order valence-electron chi connectivity index (χ1n) is 23.7. The number of hydrogen-bond donors (Lipinski definition) is 0. The normalized spacial score (nSPS) is 19.3. The summed E-state index contributed by atoms with van der Waals surface area (Å²) in [4.78, 5) is 89.9. The van der Waals surface area contributed by atoms with E-state index in [1.54, 1.807) is 59.1 Å². The second kappa shape index (κ2) is 23.7. The van der Waals surface area contributed by atoms with Gasteiger partial charge in [0.1, 0.15) is 41.2 Å². The lowest BCUT2D eigenvalue weighted by atomic mass is 9.69. The number of esters is 3. The molecule has 2 heterocycles. The minimum absolute atomic E-state index is 0.00213. The Hall–Kier alpha value is -4.42. The standard InChI is InChI=1S/C52H70BrN3O12S/c1-33(2)55(34(3)4)22-23-65-47(61)51(9,31-49(5,6)46(60)66-27-26-64-25-24-63-11)32-52(10,53)48(62)67-28-29-69-40-30-41(57)56(45(40)59)36-18-16-35(17-19-36)54-42-37-14-12-13-15-38(37)44-39(43(42)58)20-21-50(7,8)68-44/h12-19,33-34,40H,20-32H2,1-11H3. The lowest BCUT2D eigenvalue weighted by molar-refractivity contribution is -0.165. The van der Waals surface area contributed by atoms with Gasteiger partial charge in [0.15, 0.2) is 0 Å². The molecule has 3 atom stereocenters. The number of hydrogen-bond acceptors (Lipinski definition) is 15. The van der Waals surface area contributed by atoms with Crippen molar-refractivity contribution in [2.24, 2.45) is 15.8 Å². The van der Waals surface area contributed by atoms with E-state index in [2.05, 4.69) is 48.5 Å². The van der Waals surface area contributed by atoms with Crippen molar-refractivity contribution < 1.29 is 57.2 Å². The van der Waals surface area contributed by atoms with Gasteiger partial charge in [-0.15, -0.1) is 11.8 Å². The number of methoxy groups -OCH3 is 1. The van der Waals surface area contributed by atoms with Crippen molar-refractivity contribution in [2.45, 2.75) is 129 Å². The van der Waals surface area contributed by atoms with Crippen LogP contribution in [0.3, 0.4) is 0 Å². The Labute approximate surface area is 419 Å². The zero-order valence-electron chi connectivity index (χ0n) is 42.1. The van der Waals surface area contributed by atoms with Crippen LogP contribution in [0.25, 0.3) is 5.76 Å². The highest BCUT2D eigenvalue weighted by Crippen LogP contribution is 2.45. The van der Waals surface area contributed by atoms with Gasteiger partial charge in [0.25, 0.3) is 0 Å². The van der Waals surface area contributed by atoms with E-state index < -0.39 is 49.8 Å². The molecule has 2 aromatic carbocycles. The number of allylic oxidation sites excluding steroid dienone is 1. The molecule has 2 aliphatic heterocycles. The Balaban J connectivity index is 1.19. The summed E-state index contributed by atoms with van der Waals surface area (Å²) in [6, 6.07) is 14.6. The number of carbonyl (C=O) groups is 6. The number of rotatable bonds is 24. The Morgan fingerprint density at radius 1 is 0.841 bits per heavy atom. The summed E-state index contributed by atoms with van der Waals surface area (Å²) in [6.45, 7) is 20.5. The minimum atomic E-state index is -1.38. The fourth-order valence-corrected chi connectivity index (χ4v) is 10.8. The first kappa shape index (κ1) is 55.5. The van der Waals surface area contributed by atoms with Gasteiger partial charge < -0.3 is 28.4 Å². The highest BCUT2D eigenvalue weighted by molar-refractivity contribution is 9.10. The summed E-state index contributed by atoms with van der Waals surface area (Å²) in [7, 11) is 1.56. The number of fused-ring (bicyclic) bond motifs is 2. The Morgan fingerprint density at radius 3 is 2.12 bits per heavy atom. The summed E-state index contributed by atoms with van der Waals surface area (Å²) in [5, 5.41) is -0.702. The van der Waals surface area contributed by atoms with Crippen LogP contribution in [0.5, 0.6) is 0 Å². The van der Waals surface area contributed by atoms with Crippen LogP contribution in [0.4, 0.5) is 11.4 Å². The number of ether oxygens (including phenoxy) is 6. The lowest BCUT2D eigenvalue weighted by Crippen LogP contribution is -2.46. The van der Waals surface area contributed by atoms with E-state index in [1.165, 1.54) is 11.8 Å². The molecule has 15 nitrogen and oxygen atoms in total. The second-order valence-electron chi connectivity index (χ2n) is 20.1. The van der Waals surface area contributed by atoms with E-state index in [0.29, 0.717) is 66.6 Å². The van der Waals surface area contributed by atoms with Crippen LogP contribution in [-0.4, -0.2) is 132 Å². The van der Waals surface area contributed by atoms with Crippen LogP contribution in [-0.2, 0) is 57.2 Å². The van der Waals surface area contributed by atoms with Crippen LogP contribution < -0.4 is 4.90 Å². The summed E-state index contributed by atoms with van der Waals surface area (Å²) >= 11 is 4.76. The maximum atomic E-state index is 14.1. The molecule has 0 saturated carbocycles. The largest absolute Gasteiger partial charge is 0.487 e. The summed E-state index contributed by atoms with van der Waals surface area (Å²) in [5.41, 5.74) is 0.385. The van der Waals surface area contributed by atoms with Crippen molar-refractivity contribution in [2.75, 3.05) is 63.9 Å². The summed E-state index contributed by atoms with van der Waals surface area (Å²) in [6.07, 6.45) is 1.16. The van der Waals surface area contributed by atoms with Gasteiger partial charge >= 0.3 is 17.9 Å². The molecule has 69 heavy (non-hydrogen) atoms. The zero-order chi connectivity index (χ0) is 50.9. The van der Waals surface area contributed by atoms with Crippen LogP contribution in [0.2, 0.25) is 0 Å². The van der Waals surface area contributed by atoms with E-state index in [1.807, 2.05) is 38.1 Å². The number of alkyl halides is 1. The molecule has 3 aliphatic rings. The van der Waals surface area contributed by atoms with E-state index in [0.717, 1.165) is 10.5 Å². The molecule has 17 heteroatoms. The van der Waals surface area contributed by atoms with Gasteiger partial charge in [0, 0.05) is 54.6 Å². The van der Waals surface area contributed by atoms with Crippen molar-refractivity contribution in [1.82, 2.24) is 4.90 Å². The Morgan fingerprint density at radius 2 is 1.46 bits per heavy atom. The number of halogens is 1. The molecule has 0 bridgehead atoms. The molecule has 0 radical (unpaired) electrons. The first-order chi connectivity index (χ1) is 32.4. The lowest BCUT2D eigenvalue weighted by Gasteiger charge is -2.38. The van der Waals surface area contributed by atoms with E-state index in [-0.39, 0.29) is 75.2 Å². The number of thioether (sulfide) groups is 1. The summed E-state index contributed by atoms with van der Waals surface area (Å²) in [5.74, 6) is -1.86. The van der Waals surface area contributed by atoms with Crippen LogP contribution in [0, 0.1) is 10.8 Å². The molecule has 5 rings (SSSR count). The second-order valence-corrected chi connectivity index (χ2v) is 23.1. The molecule has 1 fully saturated rings. The average molecular weight is 1040 g/mol. The fraction of sp³-hybridized carbons (Fsp3) is 0.596. The molecule has 0 spiro atoms. The fourth-order valence-electron chi connectivity index (χ4n) is 9.14. The highest BCUT2D eigenvalue weighted by atomic mass is 79.9. The van der Waals surface area contributed by atoms with Gasteiger partial charge in [-0.3, -0.25) is 33.7 Å². The smallest absolute Gasteiger partial charge is 0.322 e. The van der Waals surface area contributed by atoms with Gasteiger partial charge in [-0.05, 0) is 119 Å². The van der Waals surface area contributed by atoms with E-state index in [4.69, 9.17) is 33.4 Å². The van der Waals surface area contributed by atoms with Crippen LogP contribution in [0.1, 0.15) is 112 Å². The van der Waals surface area contributed by atoms with Crippen LogP contribution in [0.15, 0.2) is 59.1 Å². The predicted molar refractivity (Wildman–Crippen MR) is 270 cm³/mol. The molecule has 378 valence electrons. The third-order valence-corrected chi connectivity index (χ3v) is 14.2. The first-order valence-corrected chi connectivity index (χ1v) is 25.5. The van der Waals surface area contributed by atoms with Crippen molar-refractivity contribution in [1.29, 1.82) is 0 Å². The topological polar surface area (TPSA) is 177 Å². The molecule has 1 saturated heterocycles. The highest BCUT2D eigenvalue weighted by Gasteiger charge is 2.50. The number of ketones is 1. The molecule has 2 aromatic rings. The molecule has 0 aromatic heterocycles. The molecular formula is C52H70BrN3O12S. The maximum Gasteiger partial charge on any atom is 0.322 e. The van der Waals surface area contributed by atoms with E-state index in [9.17, 15) is 28.8 Å². The van der Waals surface area contributed by atoms with Gasteiger partial charge in [-0.2, -0.15) is 0 Å². The molecule has 3 unspecified atom stereocenters. The third-order valence-electron chi connectivity index (χ3n) is 12.5. The third kappa shape index (κ3) is 14.1. The van der Waals surface area contributed by atoms with Gasteiger partial charge in [0.05, 0.1) is 47.3 Å². The SMILES string of the molecule is COCCOCCOC(=O)C(C)(C)CC(C)(CC(C)(Br)C(=O)OCCSC1CC(=O)N(c2ccc(N=C3C(=O)C4=C(OC(C)(C)CC4)c4ccccc43)cc2)C1=O)C(=O)OCCN(C(C)C)C(C)C. The maximum absolute atomic E-state index is 14.1. The number of amides is 2. The molecule has 1 aliphatic carbocycles. The van der Waals surface area contributed by atoms with Crippen molar-refractivity contribution >= 4 is 86.0 Å². The molecular weight excluding hydrogens is 971 g/mol. The number of carbonyl (C=O) groups excluding carboxylic acids is 6. The number of benzene rings is 2. The van der Waals surface area contributed by atoms with Gasteiger partial charge in [-0.1, -0.05) is 40.2 Å². The number of nitrogens with zero attached hydrogens (tertiary/aromatic N) is 3. The Kier molecular flexibility index (Phi) is 19.0. The number of Topliss-reactive ketones (excluding diaryl/α,β-unsaturated/α-hetero) is 1. The van der Waals surface area contributed by atoms with Crippen molar-refractivity contribution in [3.63, 3.8) is 0 Å². The average Bonchev–Trinajstić information content (AvgIpc) is 3.56.